The summed E-state index contributed by atoms with van der Waals surface area (Å²) in [6.45, 7) is 0.173. The number of hydrogen-bond donors (Lipinski definition) is 3. The van der Waals surface area contributed by atoms with E-state index in [4.69, 9.17) is 5.11 Å². The quantitative estimate of drug-likeness (QED) is 0.771. The first-order valence-corrected chi connectivity index (χ1v) is 7.18. The van der Waals surface area contributed by atoms with E-state index in [0.29, 0.717) is 17.6 Å². The largest absolute Gasteiger partial charge is 0.395 e. The Labute approximate surface area is 122 Å². The van der Waals surface area contributed by atoms with E-state index in [1.54, 1.807) is 18.3 Å². The van der Waals surface area contributed by atoms with E-state index >= 15 is 0 Å². The fraction of sp³-hybridized carbons (Fsp3) is 0.400. The van der Waals surface area contributed by atoms with Gasteiger partial charge in [0.05, 0.1) is 12.1 Å². The highest BCUT2D eigenvalue weighted by molar-refractivity contribution is 5.97. The van der Waals surface area contributed by atoms with Crippen LogP contribution in [0.4, 0.5) is 5.95 Å². The Morgan fingerprint density at radius 2 is 2.24 bits per heavy atom. The van der Waals surface area contributed by atoms with Gasteiger partial charge in [0, 0.05) is 29.7 Å². The smallest absolute Gasteiger partial charge is 0.251 e. The molecule has 1 amide bonds. The maximum atomic E-state index is 11.9. The zero-order valence-electron chi connectivity index (χ0n) is 11.7. The van der Waals surface area contributed by atoms with Crippen LogP contribution in [0.25, 0.3) is 10.9 Å². The van der Waals surface area contributed by atoms with Crippen LogP contribution in [0.5, 0.6) is 0 Å². The van der Waals surface area contributed by atoms with Crippen LogP contribution in [0.3, 0.4) is 0 Å². The number of amides is 1. The monoisotopic (exact) mass is 286 g/mol. The third kappa shape index (κ3) is 3.11. The number of fused-ring (bicyclic) bond motifs is 1. The van der Waals surface area contributed by atoms with Gasteiger partial charge in [-0.2, -0.15) is 0 Å². The van der Waals surface area contributed by atoms with Gasteiger partial charge in [-0.05, 0) is 31.4 Å². The van der Waals surface area contributed by atoms with Crippen LogP contribution in [0.1, 0.15) is 29.6 Å². The van der Waals surface area contributed by atoms with E-state index in [1.165, 1.54) is 6.42 Å². The highest BCUT2D eigenvalue weighted by atomic mass is 16.3. The third-order valence-corrected chi connectivity index (χ3v) is 3.68. The van der Waals surface area contributed by atoms with Crippen molar-refractivity contribution >= 4 is 22.8 Å². The minimum Gasteiger partial charge on any atom is -0.395 e. The molecule has 1 aliphatic carbocycles. The molecule has 0 aliphatic heterocycles. The Morgan fingerprint density at radius 3 is 2.95 bits per heavy atom. The predicted octanol–water partition coefficient (Wildman–Crippen LogP) is 1.32. The van der Waals surface area contributed by atoms with Crippen molar-refractivity contribution in [2.45, 2.75) is 25.3 Å². The molecule has 3 N–H and O–H groups in total. The number of carbonyl (C=O) groups excluding carboxylic acids is 1. The molecule has 0 unspecified atom stereocenters. The fourth-order valence-corrected chi connectivity index (χ4v) is 2.24. The SMILES string of the molecule is O=C(NCCO)c1ccc2cnc(NC3CCC3)nc2c1. The third-order valence-electron chi connectivity index (χ3n) is 3.68. The standard InChI is InChI=1S/C15H18N4O2/c20-7-6-16-14(21)10-4-5-11-9-17-15(19-13(11)8-10)18-12-2-1-3-12/h4-5,8-9,12,20H,1-3,6-7H2,(H,16,21)(H,17,18,19). The number of aliphatic hydroxyl groups excluding tert-OH is 1. The molecule has 21 heavy (non-hydrogen) atoms. The van der Waals surface area contributed by atoms with E-state index in [-0.39, 0.29) is 19.1 Å². The van der Waals surface area contributed by atoms with E-state index in [1.807, 2.05) is 6.07 Å². The van der Waals surface area contributed by atoms with Crippen molar-refractivity contribution in [1.29, 1.82) is 0 Å². The number of carbonyl (C=O) groups is 1. The lowest BCUT2D eigenvalue weighted by Crippen LogP contribution is -2.28. The van der Waals surface area contributed by atoms with Crippen molar-refractivity contribution < 1.29 is 9.90 Å². The lowest BCUT2D eigenvalue weighted by molar-refractivity contribution is 0.0945. The average molecular weight is 286 g/mol. The molecule has 0 radical (unpaired) electrons. The van der Waals surface area contributed by atoms with Gasteiger partial charge >= 0.3 is 0 Å². The van der Waals surface area contributed by atoms with Gasteiger partial charge < -0.3 is 15.7 Å². The molecule has 0 bridgehead atoms. The zero-order valence-corrected chi connectivity index (χ0v) is 11.7. The van der Waals surface area contributed by atoms with Crippen LogP contribution in [-0.4, -0.2) is 40.2 Å². The minimum atomic E-state index is -0.210. The lowest BCUT2D eigenvalue weighted by atomic mass is 9.93. The summed E-state index contributed by atoms with van der Waals surface area (Å²) in [7, 11) is 0. The summed E-state index contributed by atoms with van der Waals surface area (Å²) < 4.78 is 0. The Morgan fingerprint density at radius 1 is 1.38 bits per heavy atom. The summed E-state index contributed by atoms with van der Waals surface area (Å²) in [6, 6.07) is 5.78. The van der Waals surface area contributed by atoms with Gasteiger partial charge in [-0.15, -0.1) is 0 Å². The normalized spacial score (nSPS) is 14.7. The van der Waals surface area contributed by atoms with Gasteiger partial charge in [-0.25, -0.2) is 9.97 Å². The Balaban J connectivity index is 1.82. The average Bonchev–Trinajstić information content (AvgIpc) is 2.47. The van der Waals surface area contributed by atoms with Gasteiger partial charge in [0.2, 0.25) is 5.95 Å². The van der Waals surface area contributed by atoms with Gasteiger partial charge in [0.1, 0.15) is 0 Å². The van der Waals surface area contributed by atoms with Gasteiger partial charge in [0.15, 0.2) is 0 Å². The molecule has 1 aromatic heterocycles. The molecule has 0 saturated heterocycles. The van der Waals surface area contributed by atoms with Crippen LogP contribution in [-0.2, 0) is 0 Å². The summed E-state index contributed by atoms with van der Waals surface area (Å²) in [6.07, 6.45) is 5.33. The summed E-state index contributed by atoms with van der Waals surface area (Å²) in [5.41, 5.74) is 1.27. The first kappa shape index (κ1) is 13.8. The van der Waals surface area contributed by atoms with Crippen molar-refractivity contribution in [1.82, 2.24) is 15.3 Å². The molecule has 110 valence electrons. The van der Waals surface area contributed by atoms with E-state index in [9.17, 15) is 4.79 Å². The van der Waals surface area contributed by atoms with E-state index in [2.05, 4.69) is 20.6 Å². The maximum absolute atomic E-state index is 11.9. The summed E-state index contributed by atoms with van der Waals surface area (Å²) in [4.78, 5) is 20.6. The Bertz CT molecular complexity index is 655. The summed E-state index contributed by atoms with van der Waals surface area (Å²) in [5, 5.41) is 15.6. The second-order valence-corrected chi connectivity index (χ2v) is 5.22. The molecule has 2 aromatic rings. The molecule has 6 nitrogen and oxygen atoms in total. The van der Waals surface area contributed by atoms with Gasteiger partial charge in [0.25, 0.3) is 5.91 Å². The molecular formula is C15H18N4O2. The molecule has 1 saturated carbocycles. The van der Waals surface area contributed by atoms with Crippen LogP contribution in [0, 0.1) is 0 Å². The number of nitrogens with one attached hydrogen (secondary N) is 2. The number of benzene rings is 1. The number of nitrogens with zero attached hydrogens (tertiary/aromatic N) is 2. The fourth-order valence-electron chi connectivity index (χ4n) is 2.24. The second-order valence-electron chi connectivity index (χ2n) is 5.22. The molecule has 1 heterocycles. The first-order valence-electron chi connectivity index (χ1n) is 7.18. The number of aromatic nitrogens is 2. The topological polar surface area (TPSA) is 87.1 Å². The first-order chi connectivity index (χ1) is 10.3. The zero-order chi connectivity index (χ0) is 14.7. The highest BCUT2D eigenvalue weighted by Crippen LogP contribution is 2.22. The van der Waals surface area contributed by atoms with Crippen molar-refractivity contribution in [2.75, 3.05) is 18.5 Å². The van der Waals surface area contributed by atoms with E-state index < -0.39 is 0 Å². The number of anilines is 1. The molecule has 1 fully saturated rings. The predicted molar refractivity (Wildman–Crippen MR) is 80.2 cm³/mol. The number of rotatable bonds is 5. The maximum Gasteiger partial charge on any atom is 0.251 e. The molecule has 1 aliphatic rings. The van der Waals surface area contributed by atoms with Crippen LogP contribution >= 0.6 is 0 Å². The molecule has 6 heteroatoms. The summed E-state index contributed by atoms with van der Waals surface area (Å²) in [5.74, 6) is 0.401. The lowest BCUT2D eigenvalue weighted by Gasteiger charge is -2.26. The van der Waals surface area contributed by atoms with Crippen LogP contribution in [0.2, 0.25) is 0 Å². The molecule has 0 spiro atoms. The van der Waals surface area contributed by atoms with Crippen molar-refractivity contribution in [3.05, 3.63) is 30.0 Å². The number of aliphatic hydroxyl groups is 1. The number of hydrogen-bond acceptors (Lipinski definition) is 5. The second kappa shape index (κ2) is 6.05. The Hall–Kier alpha value is -2.21. The van der Waals surface area contributed by atoms with Crippen molar-refractivity contribution in [3.8, 4) is 0 Å². The molecule has 0 atom stereocenters. The van der Waals surface area contributed by atoms with E-state index in [0.717, 1.165) is 23.7 Å². The molecular weight excluding hydrogens is 268 g/mol. The van der Waals surface area contributed by atoms with Crippen LogP contribution in [0.15, 0.2) is 24.4 Å². The molecule has 1 aromatic carbocycles. The molecule has 3 rings (SSSR count). The summed E-state index contributed by atoms with van der Waals surface area (Å²) >= 11 is 0. The Kier molecular flexibility index (Phi) is 3.96. The highest BCUT2D eigenvalue weighted by Gasteiger charge is 2.18. The minimum absolute atomic E-state index is 0.0725. The van der Waals surface area contributed by atoms with Crippen LogP contribution < -0.4 is 10.6 Å². The van der Waals surface area contributed by atoms with Gasteiger partial charge in [-0.1, -0.05) is 6.07 Å². The van der Waals surface area contributed by atoms with Gasteiger partial charge in [-0.3, -0.25) is 4.79 Å². The van der Waals surface area contributed by atoms with Crippen molar-refractivity contribution in [2.24, 2.45) is 0 Å². The van der Waals surface area contributed by atoms with Crippen molar-refractivity contribution in [3.63, 3.8) is 0 Å².